The first-order valence-electron chi connectivity index (χ1n) is 7.18. The number of nitrogens with two attached hydrogens (primary N) is 1. The van der Waals surface area contributed by atoms with Gasteiger partial charge >= 0.3 is 0 Å². The second-order valence-corrected chi connectivity index (χ2v) is 6.48. The number of carbonyl (C=O) groups excluding carboxylic acids is 1. The Morgan fingerprint density at radius 3 is 2.45 bits per heavy atom. The first kappa shape index (κ1) is 15.3. The van der Waals surface area contributed by atoms with Crippen LogP contribution in [0.1, 0.15) is 38.2 Å². The fraction of sp³-hybridized carbons (Fsp3) is 0.562. The van der Waals surface area contributed by atoms with Gasteiger partial charge < -0.3 is 10.6 Å². The molecule has 0 bridgehead atoms. The molecule has 3 nitrogen and oxygen atoms in total. The number of halogens is 1. The van der Waals surface area contributed by atoms with Gasteiger partial charge in [-0.3, -0.25) is 4.79 Å². The number of nitrogens with zero attached hydrogens (tertiary/aromatic N) is 1. The number of benzene rings is 1. The van der Waals surface area contributed by atoms with E-state index in [9.17, 15) is 4.79 Å². The summed E-state index contributed by atoms with van der Waals surface area (Å²) < 4.78 is 0. The van der Waals surface area contributed by atoms with Gasteiger partial charge in [-0.1, -0.05) is 23.7 Å². The first-order valence-corrected chi connectivity index (χ1v) is 7.55. The van der Waals surface area contributed by atoms with Crippen LogP contribution in [0.4, 0.5) is 0 Å². The Hall–Kier alpha value is -1.06. The average molecular weight is 295 g/mol. The summed E-state index contributed by atoms with van der Waals surface area (Å²) in [6, 6.07) is 8.11. The zero-order valence-electron chi connectivity index (χ0n) is 12.3. The van der Waals surface area contributed by atoms with E-state index in [-0.39, 0.29) is 29.8 Å². The number of hydrogen-bond acceptors (Lipinski definition) is 2. The Balaban J connectivity index is 2.22. The molecule has 2 N–H and O–H groups in total. The van der Waals surface area contributed by atoms with Crippen molar-refractivity contribution >= 4 is 17.5 Å². The Morgan fingerprint density at radius 2 is 1.90 bits per heavy atom. The van der Waals surface area contributed by atoms with Crippen LogP contribution in [-0.2, 0) is 4.79 Å². The molecule has 3 atom stereocenters. The normalized spacial score (nSPS) is 26.0. The standard InChI is InChI=1S/C16H23ClN2O/c1-10(2)19(3)16(20)15-9-13(18)8-14(15)11-4-6-12(17)7-5-11/h4-7,10,13-15H,8-9,18H2,1-3H3/t13-,14+,15-/m1/s1. The molecule has 4 heteroatoms. The third-order valence-electron chi connectivity index (χ3n) is 4.34. The summed E-state index contributed by atoms with van der Waals surface area (Å²) in [5.74, 6) is 0.391. The van der Waals surface area contributed by atoms with Crippen LogP contribution in [0.15, 0.2) is 24.3 Å². The monoisotopic (exact) mass is 294 g/mol. The largest absolute Gasteiger partial charge is 0.343 e. The summed E-state index contributed by atoms with van der Waals surface area (Å²) in [6.45, 7) is 4.06. The van der Waals surface area contributed by atoms with Crippen molar-refractivity contribution in [2.45, 2.75) is 44.7 Å². The minimum absolute atomic E-state index is 0.0152. The molecule has 0 unspecified atom stereocenters. The number of hydrogen-bond donors (Lipinski definition) is 1. The van der Waals surface area contributed by atoms with Crippen molar-refractivity contribution in [1.29, 1.82) is 0 Å². The third-order valence-corrected chi connectivity index (χ3v) is 4.59. The van der Waals surface area contributed by atoms with E-state index in [1.165, 1.54) is 0 Å². The predicted molar refractivity (Wildman–Crippen MR) is 82.8 cm³/mol. The van der Waals surface area contributed by atoms with E-state index in [1.807, 2.05) is 50.1 Å². The molecule has 0 spiro atoms. The third kappa shape index (κ3) is 3.15. The lowest BCUT2D eigenvalue weighted by Gasteiger charge is -2.28. The lowest BCUT2D eigenvalue weighted by Crippen LogP contribution is -2.38. The molecule has 0 saturated heterocycles. The van der Waals surface area contributed by atoms with Gasteiger partial charge in [0.25, 0.3) is 0 Å². The van der Waals surface area contributed by atoms with Crippen molar-refractivity contribution in [1.82, 2.24) is 4.90 Å². The highest BCUT2D eigenvalue weighted by atomic mass is 35.5. The summed E-state index contributed by atoms with van der Waals surface area (Å²) in [4.78, 5) is 14.5. The second kappa shape index (κ2) is 6.15. The van der Waals surface area contributed by atoms with Crippen LogP contribution >= 0.6 is 11.6 Å². The number of amides is 1. The SMILES string of the molecule is CC(C)N(C)C(=O)[C@@H]1C[C@H](N)C[C@H]1c1ccc(Cl)cc1. The first-order chi connectivity index (χ1) is 9.40. The summed E-state index contributed by atoms with van der Waals surface area (Å²) in [5, 5.41) is 0.721. The molecule has 1 saturated carbocycles. The number of carbonyl (C=O) groups is 1. The molecule has 0 radical (unpaired) electrons. The van der Waals surface area contributed by atoms with Gasteiger partial charge in [-0.15, -0.1) is 0 Å². The molecule has 1 aromatic carbocycles. The minimum atomic E-state index is -0.0152. The van der Waals surface area contributed by atoms with Crippen LogP contribution in [0.3, 0.4) is 0 Å². The van der Waals surface area contributed by atoms with Gasteiger partial charge in [0.15, 0.2) is 0 Å². The maximum atomic E-state index is 12.6. The lowest BCUT2D eigenvalue weighted by molar-refractivity contribution is -0.136. The Kier molecular flexibility index (Phi) is 4.71. The van der Waals surface area contributed by atoms with Crippen LogP contribution in [-0.4, -0.2) is 29.9 Å². The molecule has 1 aliphatic rings. The molecule has 1 aromatic rings. The van der Waals surface area contributed by atoms with Crippen molar-refractivity contribution in [3.05, 3.63) is 34.9 Å². The Morgan fingerprint density at radius 1 is 1.30 bits per heavy atom. The van der Waals surface area contributed by atoms with Gasteiger partial charge in [-0.2, -0.15) is 0 Å². The topological polar surface area (TPSA) is 46.3 Å². The van der Waals surface area contributed by atoms with E-state index in [0.717, 1.165) is 23.4 Å². The molecule has 1 fully saturated rings. The molecular weight excluding hydrogens is 272 g/mol. The number of rotatable bonds is 3. The van der Waals surface area contributed by atoms with Crippen molar-refractivity contribution in [2.24, 2.45) is 11.7 Å². The van der Waals surface area contributed by atoms with Crippen molar-refractivity contribution in [3.63, 3.8) is 0 Å². The van der Waals surface area contributed by atoms with Gasteiger partial charge in [-0.25, -0.2) is 0 Å². The Labute approximate surface area is 126 Å². The van der Waals surface area contributed by atoms with E-state index in [2.05, 4.69) is 0 Å². The molecule has 20 heavy (non-hydrogen) atoms. The second-order valence-electron chi connectivity index (χ2n) is 6.04. The van der Waals surface area contributed by atoms with E-state index in [0.29, 0.717) is 0 Å². The van der Waals surface area contributed by atoms with Crippen molar-refractivity contribution in [3.8, 4) is 0 Å². The van der Waals surface area contributed by atoms with Crippen molar-refractivity contribution < 1.29 is 4.79 Å². The zero-order valence-corrected chi connectivity index (χ0v) is 13.1. The van der Waals surface area contributed by atoms with Gasteiger partial charge in [-0.05, 0) is 50.3 Å². The highest BCUT2D eigenvalue weighted by Crippen LogP contribution is 2.40. The fourth-order valence-electron chi connectivity index (χ4n) is 2.94. The van der Waals surface area contributed by atoms with Crippen LogP contribution in [0.2, 0.25) is 5.02 Å². The highest BCUT2D eigenvalue weighted by Gasteiger charge is 2.39. The maximum absolute atomic E-state index is 12.6. The lowest BCUT2D eigenvalue weighted by atomic mass is 9.88. The van der Waals surface area contributed by atoms with E-state index in [1.54, 1.807) is 0 Å². The highest BCUT2D eigenvalue weighted by molar-refractivity contribution is 6.30. The molecule has 0 aromatic heterocycles. The maximum Gasteiger partial charge on any atom is 0.226 e. The average Bonchev–Trinajstić information content (AvgIpc) is 2.79. The van der Waals surface area contributed by atoms with Gasteiger partial charge in [0.1, 0.15) is 0 Å². The summed E-state index contributed by atoms with van der Waals surface area (Å²) in [6.07, 6.45) is 1.63. The summed E-state index contributed by atoms with van der Waals surface area (Å²) in [7, 11) is 1.87. The van der Waals surface area contributed by atoms with Crippen LogP contribution < -0.4 is 5.73 Å². The smallest absolute Gasteiger partial charge is 0.226 e. The molecule has 0 heterocycles. The summed E-state index contributed by atoms with van der Waals surface area (Å²) in [5.41, 5.74) is 7.26. The molecule has 1 amide bonds. The van der Waals surface area contributed by atoms with Crippen molar-refractivity contribution in [2.75, 3.05) is 7.05 Å². The molecule has 1 aliphatic carbocycles. The van der Waals surface area contributed by atoms with Crippen LogP contribution in [0.25, 0.3) is 0 Å². The fourth-order valence-corrected chi connectivity index (χ4v) is 3.07. The van der Waals surface area contributed by atoms with Gasteiger partial charge in [0, 0.05) is 30.1 Å². The predicted octanol–water partition coefficient (Wildman–Crippen LogP) is 3.03. The van der Waals surface area contributed by atoms with E-state index < -0.39 is 0 Å². The Bertz CT molecular complexity index is 472. The summed E-state index contributed by atoms with van der Waals surface area (Å²) >= 11 is 5.94. The van der Waals surface area contributed by atoms with Gasteiger partial charge in [0.2, 0.25) is 5.91 Å². The van der Waals surface area contributed by atoms with E-state index >= 15 is 0 Å². The van der Waals surface area contributed by atoms with E-state index in [4.69, 9.17) is 17.3 Å². The van der Waals surface area contributed by atoms with Crippen LogP contribution in [0, 0.1) is 5.92 Å². The minimum Gasteiger partial charge on any atom is -0.343 e. The van der Waals surface area contributed by atoms with Crippen LogP contribution in [0.5, 0.6) is 0 Å². The molecule has 2 rings (SSSR count). The zero-order chi connectivity index (χ0) is 14.9. The molecule has 0 aliphatic heterocycles. The molecule has 110 valence electrons. The van der Waals surface area contributed by atoms with Gasteiger partial charge in [0.05, 0.1) is 0 Å². The molecular formula is C16H23ClN2O. The quantitative estimate of drug-likeness (QED) is 0.931.